The number of hydrogen-bond donors (Lipinski definition) is 1. The first-order valence-corrected chi connectivity index (χ1v) is 8.84. The number of nitrogens with one attached hydrogen (secondary N) is 1. The number of benzene rings is 2. The first-order chi connectivity index (χ1) is 12.6. The van der Waals surface area contributed by atoms with Gasteiger partial charge >= 0.3 is 5.97 Å². The van der Waals surface area contributed by atoms with E-state index >= 15 is 0 Å². The molecule has 3 aromatic rings. The van der Waals surface area contributed by atoms with Crippen LogP contribution in [0.25, 0.3) is 11.1 Å². The molecule has 0 atom stereocenters. The number of carbonyl (C=O) groups excluding carboxylic acids is 1. The van der Waals surface area contributed by atoms with E-state index in [0.29, 0.717) is 28.1 Å². The molecule has 26 heavy (non-hydrogen) atoms. The molecule has 1 aromatic heterocycles. The Morgan fingerprint density at radius 1 is 1.12 bits per heavy atom. The highest BCUT2D eigenvalue weighted by Gasteiger charge is 2.22. The number of esters is 1. The molecule has 1 N–H and O–H groups in total. The van der Waals surface area contributed by atoms with Crippen molar-refractivity contribution in [1.29, 1.82) is 0 Å². The van der Waals surface area contributed by atoms with Crippen molar-refractivity contribution in [2.75, 3.05) is 6.61 Å². The molecule has 1 heterocycles. The van der Waals surface area contributed by atoms with Gasteiger partial charge < -0.3 is 9.72 Å². The minimum Gasteiger partial charge on any atom is -0.462 e. The van der Waals surface area contributed by atoms with E-state index in [1.807, 2.05) is 30.3 Å². The predicted octanol–water partition coefficient (Wildman–Crippen LogP) is 5.44. The molecule has 0 unspecified atom stereocenters. The number of halogens is 2. The molecule has 0 amide bonds. The molecular formula is C21H19ClFNO2. The van der Waals surface area contributed by atoms with Gasteiger partial charge in [-0.2, -0.15) is 0 Å². The molecule has 2 aromatic carbocycles. The van der Waals surface area contributed by atoms with Gasteiger partial charge in [-0.05, 0) is 43.5 Å². The third kappa shape index (κ3) is 3.97. The van der Waals surface area contributed by atoms with Gasteiger partial charge in [-0.25, -0.2) is 9.18 Å². The van der Waals surface area contributed by atoms with E-state index in [2.05, 4.69) is 4.98 Å². The summed E-state index contributed by atoms with van der Waals surface area (Å²) in [7, 11) is 0. The van der Waals surface area contributed by atoms with E-state index in [1.54, 1.807) is 13.1 Å². The third-order valence-corrected chi connectivity index (χ3v) is 4.50. The van der Waals surface area contributed by atoms with Gasteiger partial charge in [0.2, 0.25) is 0 Å². The van der Waals surface area contributed by atoms with Gasteiger partial charge in [0.25, 0.3) is 0 Å². The lowest BCUT2D eigenvalue weighted by Crippen LogP contribution is -2.09. The highest BCUT2D eigenvalue weighted by molar-refractivity contribution is 6.33. The Kier molecular flexibility index (Phi) is 5.74. The number of ether oxygens (including phenoxy) is 1. The Balaban J connectivity index is 1.98. The van der Waals surface area contributed by atoms with Crippen LogP contribution in [-0.2, 0) is 17.6 Å². The number of aromatic amines is 1. The SMILES string of the molecule is CCOC(=O)c1c(-c2cc(F)ccc2Cl)c[nH]c1CCc1ccccc1. The zero-order chi connectivity index (χ0) is 18.5. The largest absolute Gasteiger partial charge is 0.462 e. The standard InChI is InChI=1S/C21H19ClFNO2/c1-2-26-21(25)20-17(16-12-15(23)9-10-18(16)22)13-24-19(20)11-8-14-6-4-3-5-7-14/h3-7,9-10,12-13,24H,2,8,11H2,1H3. The molecule has 0 spiro atoms. The van der Waals surface area contributed by atoms with Gasteiger partial charge in [-0.1, -0.05) is 41.9 Å². The number of H-pyrrole nitrogens is 1. The maximum atomic E-state index is 13.7. The topological polar surface area (TPSA) is 42.1 Å². The maximum absolute atomic E-state index is 13.7. The van der Waals surface area contributed by atoms with E-state index < -0.39 is 11.8 Å². The number of aromatic nitrogens is 1. The normalized spacial score (nSPS) is 10.7. The Morgan fingerprint density at radius 2 is 1.88 bits per heavy atom. The second-order valence-corrected chi connectivity index (χ2v) is 6.29. The van der Waals surface area contributed by atoms with Gasteiger partial charge in [0.15, 0.2) is 0 Å². The second-order valence-electron chi connectivity index (χ2n) is 5.89. The fraction of sp³-hybridized carbons (Fsp3) is 0.190. The van der Waals surface area contributed by atoms with E-state index in [0.717, 1.165) is 12.1 Å². The van der Waals surface area contributed by atoms with Crippen molar-refractivity contribution >= 4 is 17.6 Å². The third-order valence-electron chi connectivity index (χ3n) is 4.17. The number of hydrogen-bond acceptors (Lipinski definition) is 2. The van der Waals surface area contributed by atoms with Crippen LogP contribution in [0.3, 0.4) is 0 Å². The lowest BCUT2D eigenvalue weighted by atomic mass is 10.00. The number of aryl methyl sites for hydroxylation is 2. The summed E-state index contributed by atoms with van der Waals surface area (Å²) in [4.78, 5) is 15.7. The van der Waals surface area contributed by atoms with Crippen LogP contribution in [0.15, 0.2) is 54.7 Å². The van der Waals surface area contributed by atoms with Gasteiger partial charge in [0, 0.05) is 28.0 Å². The molecule has 0 aliphatic carbocycles. The molecule has 0 aliphatic heterocycles. The van der Waals surface area contributed by atoms with Crippen LogP contribution in [0, 0.1) is 5.82 Å². The summed E-state index contributed by atoms with van der Waals surface area (Å²) in [6, 6.07) is 14.1. The van der Waals surface area contributed by atoms with E-state index in [1.165, 1.54) is 23.8 Å². The Bertz CT molecular complexity index is 906. The van der Waals surface area contributed by atoms with Crippen molar-refractivity contribution in [3.8, 4) is 11.1 Å². The fourth-order valence-corrected chi connectivity index (χ4v) is 3.15. The molecule has 0 fully saturated rings. The van der Waals surface area contributed by atoms with Gasteiger partial charge in [-0.15, -0.1) is 0 Å². The summed E-state index contributed by atoms with van der Waals surface area (Å²) in [5, 5.41) is 0.380. The quantitative estimate of drug-likeness (QED) is 0.586. The molecule has 0 bridgehead atoms. The monoisotopic (exact) mass is 371 g/mol. The van der Waals surface area contributed by atoms with Crippen LogP contribution in [0.2, 0.25) is 5.02 Å². The van der Waals surface area contributed by atoms with Crippen molar-refractivity contribution in [2.45, 2.75) is 19.8 Å². The molecular weight excluding hydrogens is 353 g/mol. The molecule has 134 valence electrons. The van der Waals surface area contributed by atoms with Crippen LogP contribution in [0.1, 0.15) is 28.5 Å². The van der Waals surface area contributed by atoms with Gasteiger partial charge in [-0.3, -0.25) is 0 Å². The molecule has 0 aliphatic rings. The van der Waals surface area contributed by atoms with Crippen LogP contribution < -0.4 is 0 Å². The number of carbonyl (C=O) groups is 1. The zero-order valence-corrected chi connectivity index (χ0v) is 15.1. The summed E-state index contributed by atoms with van der Waals surface area (Å²) >= 11 is 6.23. The highest BCUT2D eigenvalue weighted by Crippen LogP contribution is 2.33. The van der Waals surface area contributed by atoms with Gasteiger partial charge in [0.1, 0.15) is 5.82 Å². The van der Waals surface area contributed by atoms with Crippen molar-refractivity contribution < 1.29 is 13.9 Å². The van der Waals surface area contributed by atoms with Crippen LogP contribution >= 0.6 is 11.6 Å². The van der Waals surface area contributed by atoms with Crippen molar-refractivity contribution in [2.24, 2.45) is 0 Å². The maximum Gasteiger partial charge on any atom is 0.340 e. The Labute approximate surface area is 156 Å². The minimum atomic E-state index is -0.438. The average Bonchev–Trinajstić information content (AvgIpc) is 3.07. The first kappa shape index (κ1) is 18.2. The summed E-state index contributed by atoms with van der Waals surface area (Å²) in [5.41, 5.74) is 3.35. The number of rotatable bonds is 6. The summed E-state index contributed by atoms with van der Waals surface area (Å²) in [5.74, 6) is -0.849. The van der Waals surface area contributed by atoms with Crippen molar-refractivity contribution in [3.63, 3.8) is 0 Å². The molecule has 3 nitrogen and oxygen atoms in total. The lowest BCUT2D eigenvalue weighted by Gasteiger charge is -2.09. The summed E-state index contributed by atoms with van der Waals surface area (Å²) in [6.07, 6.45) is 3.09. The smallest absolute Gasteiger partial charge is 0.340 e. The van der Waals surface area contributed by atoms with Crippen LogP contribution in [0.4, 0.5) is 4.39 Å². The van der Waals surface area contributed by atoms with Crippen molar-refractivity contribution in [3.05, 3.63) is 82.4 Å². The first-order valence-electron chi connectivity index (χ1n) is 8.47. The Morgan fingerprint density at radius 3 is 2.62 bits per heavy atom. The molecule has 0 saturated heterocycles. The molecule has 0 radical (unpaired) electrons. The zero-order valence-electron chi connectivity index (χ0n) is 14.4. The van der Waals surface area contributed by atoms with Crippen LogP contribution in [-0.4, -0.2) is 17.6 Å². The molecule has 0 saturated carbocycles. The van der Waals surface area contributed by atoms with E-state index in [4.69, 9.17) is 16.3 Å². The highest BCUT2D eigenvalue weighted by atomic mass is 35.5. The predicted molar refractivity (Wildman–Crippen MR) is 101 cm³/mol. The Hall–Kier alpha value is -2.59. The second kappa shape index (κ2) is 8.19. The molecule has 5 heteroatoms. The van der Waals surface area contributed by atoms with E-state index in [-0.39, 0.29) is 6.61 Å². The lowest BCUT2D eigenvalue weighted by molar-refractivity contribution is 0.0526. The van der Waals surface area contributed by atoms with Crippen LogP contribution in [0.5, 0.6) is 0 Å². The van der Waals surface area contributed by atoms with E-state index in [9.17, 15) is 9.18 Å². The minimum absolute atomic E-state index is 0.262. The summed E-state index contributed by atoms with van der Waals surface area (Å²) < 4.78 is 18.9. The van der Waals surface area contributed by atoms with Crippen molar-refractivity contribution in [1.82, 2.24) is 4.98 Å². The average molecular weight is 372 g/mol. The molecule has 3 rings (SSSR count). The van der Waals surface area contributed by atoms with Gasteiger partial charge in [0.05, 0.1) is 12.2 Å². The fourth-order valence-electron chi connectivity index (χ4n) is 2.93. The summed E-state index contributed by atoms with van der Waals surface area (Å²) in [6.45, 7) is 2.02.